The first-order valence-electron chi connectivity index (χ1n) is 8.17. The SMILES string of the molecule is CC(C)n1cnc2c(c1=O)C(Cc1cccc(Br)c1F)C(=NO)CC2. The Morgan fingerprint density at radius 1 is 1.44 bits per heavy atom. The number of hydrogen-bond acceptors (Lipinski definition) is 4. The van der Waals surface area contributed by atoms with E-state index in [1.165, 1.54) is 0 Å². The maximum Gasteiger partial charge on any atom is 0.257 e. The largest absolute Gasteiger partial charge is 0.411 e. The van der Waals surface area contributed by atoms with Gasteiger partial charge in [-0.25, -0.2) is 9.37 Å². The van der Waals surface area contributed by atoms with Crippen LogP contribution in [0.3, 0.4) is 0 Å². The molecule has 3 rings (SSSR count). The van der Waals surface area contributed by atoms with Crippen LogP contribution in [0.25, 0.3) is 0 Å². The first kappa shape index (κ1) is 17.8. The van der Waals surface area contributed by atoms with E-state index in [4.69, 9.17) is 0 Å². The standard InChI is InChI=1S/C18H19BrFN3O2/c1-10(2)23-9-21-15-7-6-14(22-25)12(16(15)18(23)24)8-11-4-3-5-13(19)17(11)20/h3-5,9-10,12,25H,6-8H2,1-2H3. The Morgan fingerprint density at radius 3 is 2.88 bits per heavy atom. The fourth-order valence-electron chi connectivity index (χ4n) is 3.29. The van der Waals surface area contributed by atoms with Gasteiger partial charge in [0, 0.05) is 17.5 Å². The molecule has 1 aromatic carbocycles. The molecule has 1 N–H and O–H groups in total. The number of aryl methyl sites for hydroxylation is 1. The van der Waals surface area contributed by atoms with Crippen molar-refractivity contribution in [2.24, 2.45) is 5.16 Å². The quantitative estimate of drug-likeness (QED) is 0.620. The van der Waals surface area contributed by atoms with E-state index >= 15 is 0 Å². The second-order valence-corrected chi connectivity index (χ2v) is 7.33. The van der Waals surface area contributed by atoms with Gasteiger partial charge in [0.2, 0.25) is 0 Å². The molecule has 1 heterocycles. The normalized spacial score (nSPS) is 18.6. The van der Waals surface area contributed by atoms with Gasteiger partial charge in [-0.15, -0.1) is 0 Å². The predicted molar refractivity (Wildman–Crippen MR) is 97.0 cm³/mol. The van der Waals surface area contributed by atoms with Gasteiger partial charge in [0.05, 0.1) is 22.2 Å². The minimum atomic E-state index is -0.483. The fraction of sp³-hybridized carbons (Fsp3) is 0.389. The molecule has 0 radical (unpaired) electrons. The van der Waals surface area contributed by atoms with Gasteiger partial charge in [0.25, 0.3) is 5.56 Å². The van der Waals surface area contributed by atoms with Gasteiger partial charge in [0.15, 0.2) is 0 Å². The maximum atomic E-state index is 14.4. The van der Waals surface area contributed by atoms with Gasteiger partial charge in [-0.05, 0) is 60.7 Å². The highest BCUT2D eigenvalue weighted by Gasteiger charge is 2.32. The Kier molecular flexibility index (Phi) is 5.03. The van der Waals surface area contributed by atoms with Crippen LogP contribution >= 0.6 is 15.9 Å². The van der Waals surface area contributed by atoms with Crippen molar-refractivity contribution in [1.29, 1.82) is 0 Å². The lowest BCUT2D eigenvalue weighted by atomic mass is 9.80. The van der Waals surface area contributed by atoms with E-state index in [-0.39, 0.29) is 23.8 Å². The smallest absolute Gasteiger partial charge is 0.257 e. The lowest BCUT2D eigenvalue weighted by Gasteiger charge is -2.26. The summed E-state index contributed by atoms with van der Waals surface area (Å²) in [5.74, 6) is -0.844. The van der Waals surface area contributed by atoms with Crippen molar-refractivity contribution in [2.45, 2.75) is 45.1 Å². The molecule has 0 fully saturated rings. The molecule has 0 amide bonds. The van der Waals surface area contributed by atoms with Crippen molar-refractivity contribution >= 4 is 21.6 Å². The second-order valence-electron chi connectivity index (χ2n) is 6.47. The van der Waals surface area contributed by atoms with Crippen LogP contribution in [-0.2, 0) is 12.8 Å². The summed E-state index contributed by atoms with van der Waals surface area (Å²) in [6.45, 7) is 3.81. The molecule has 1 aliphatic rings. The molecule has 1 aromatic heterocycles. The summed E-state index contributed by atoms with van der Waals surface area (Å²) in [6.07, 6.45) is 2.85. The Labute approximate surface area is 153 Å². The van der Waals surface area contributed by atoms with Crippen LogP contribution in [-0.4, -0.2) is 20.5 Å². The average molecular weight is 408 g/mol. The number of fused-ring (bicyclic) bond motifs is 1. The molecule has 1 aliphatic carbocycles. The van der Waals surface area contributed by atoms with Crippen molar-refractivity contribution in [1.82, 2.24) is 9.55 Å². The molecule has 25 heavy (non-hydrogen) atoms. The molecule has 5 nitrogen and oxygen atoms in total. The first-order chi connectivity index (χ1) is 11.9. The zero-order chi connectivity index (χ0) is 18.1. The first-order valence-corrected chi connectivity index (χ1v) is 8.97. The second kappa shape index (κ2) is 7.07. The predicted octanol–water partition coefficient (Wildman–Crippen LogP) is 3.83. The fourth-order valence-corrected chi connectivity index (χ4v) is 3.69. The Balaban J connectivity index is 2.14. The Morgan fingerprint density at radius 2 is 2.20 bits per heavy atom. The van der Waals surface area contributed by atoms with E-state index in [0.717, 1.165) is 0 Å². The highest BCUT2D eigenvalue weighted by atomic mass is 79.9. The van der Waals surface area contributed by atoms with Crippen LogP contribution in [0.5, 0.6) is 0 Å². The molecular weight excluding hydrogens is 389 g/mol. The summed E-state index contributed by atoms with van der Waals surface area (Å²) < 4.78 is 16.4. The Hall–Kier alpha value is -2.02. The number of benzene rings is 1. The molecule has 7 heteroatoms. The summed E-state index contributed by atoms with van der Waals surface area (Å²) in [5.41, 5.74) is 2.02. The van der Waals surface area contributed by atoms with Crippen molar-refractivity contribution in [3.05, 3.63) is 62.0 Å². The topological polar surface area (TPSA) is 67.5 Å². The molecule has 0 spiro atoms. The van der Waals surface area contributed by atoms with Gasteiger partial charge in [-0.3, -0.25) is 9.36 Å². The Bertz CT molecular complexity index is 892. The molecule has 2 aromatic rings. The molecular formula is C18H19BrFN3O2. The average Bonchev–Trinajstić information content (AvgIpc) is 2.59. The van der Waals surface area contributed by atoms with Crippen LogP contribution < -0.4 is 5.56 Å². The molecule has 1 atom stereocenters. The molecule has 0 aliphatic heterocycles. The number of nitrogens with zero attached hydrogens (tertiary/aromatic N) is 3. The summed E-state index contributed by atoms with van der Waals surface area (Å²) >= 11 is 3.19. The van der Waals surface area contributed by atoms with E-state index in [0.29, 0.717) is 39.8 Å². The third-order valence-electron chi connectivity index (χ3n) is 4.62. The summed E-state index contributed by atoms with van der Waals surface area (Å²) in [4.78, 5) is 17.4. The third kappa shape index (κ3) is 3.25. The zero-order valence-corrected chi connectivity index (χ0v) is 15.6. The number of oxime groups is 1. The van der Waals surface area contributed by atoms with Crippen LogP contribution in [0.15, 0.2) is 38.9 Å². The molecule has 0 bridgehead atoms. The lowest BCUT2D eigenvalue weighted by molar-refractivity contribution is 0.314. The van der Waals surface area contributed by atoms with E-state index in [9.17, 15) is 14.4 Å². The van der Waals surface area contributed by atoms with E-state index < -0.39 is 5.92 Å². The third-order valence-corrected chi connectivity index (χ3v) is 5.24. The van der Waals surface area contributed by atoms with Gasteiger partial charge in [0.1, 0.15) is 5.82 Å². The zero-order valence-electron chi connectivity index (χ0n) is 14.0. The highest BCUT2D eigenvalue weighted by Crippen LogP contribution is 2.31. The van der Waals surface area contributed by atoms with Crippen LogP contribution in [0.2, 0.25) is 0 Å². The highest BCUT2D eigenvalue weighted by molar-refractivity contribution is 9.10. The number of hydrogen-bond donors (Lipinski definition) is 1. The number of rotatable bonds is 3. The van der Waals surface area contributed by atoms with E-state index in [2.05, 4.69) is 26.1 Å². The van der Waals surface area contributed by atoms with Crippen molar-refractivity contribution in [2.75, 3.05) is 0 Å². The summed E-state index contributed by atoms with van der Waals surface area (Å²) in [7, 11) is 0. The lowest BCUT2D eigenvalue weighted by Crippen LogP contribution is -2.35. The molecule has 0 saturated carbocycles. The van der Waals surface area contributed by atoms with Crippen molar-refractivity contribution < 1.29 is 9.60 Å². The summed E-state index contributed by atoms with van der Waals surface area (Å²) in [5, 5.41) is 12.8. The van der Waals surface area contributed by atoms with Crippen LogP contribution in [0.1, 0.15) is 49.0 Å². The van der Waals surface area contributed by atoms with Gasteiger partial charge < -0.3 is 5.21 Å². The van der Waals surface area contributed by atoms with E-state index in [1.807, 2.05) is 13.8 Å². The number of aromatic nitrogens is 2. The van der Waals surface area contributed by atoms with Gasteiger partial charge in [-0.1, -0.05) is 17.3 Å². The molecule has 0 saturated heterocycles. The molecule has 1 unspecified atom stereocenters. The van der Waals surface area contributed by atoms with Gasteiger partial charge >= 0.3 is 0 Å². The maximum absolute atomic E-state index is 14.4. The molecule has 132 valence electrons. The van der Waals surface area contributed by atoms with Crippen LogP contribution in [0, 0.1) is 5.82 Å². The summed E-state index contributed by atoms with van der Waals surface area (Å²) in [6, 6.07) is 5.02. The van der Waals surface area contributed by atoms with Crippen molar-refractivity contribution in [3.8, 4) is 0 Å². The van der Waals surface area contributed by atoms with Crippen molar-refractivity contribution in [3.63, 3.8) is 0 Å². The number of halogens is 2. The van der Waals surface area contributed by atoms with Crippen LogP contribution in [0.4, 0.5) is 4.39 Å². The minimum Gasteiger partial charge on any atom is -0.411 e. The minimum absolute atomic E-state index is 0.0370. The van der Waals surface area contributed by atoms with E-state index in [1.54, 1.807) is 29.1 Å². The monoisotopic (exact) mass is 407 g/mol. The van der Waals surface area contributed by atoms with Gasteiger partial charge in [-0.2, -0.15) is 0 Å².